The fourth-order valence-electron chi connectivity index (χ4n) is 4.77. The third-order valence-electron chi connectivity index (χ3n) is 7.15. The van der Waals surface area contributed by atoms with Gasteiger partial charge in [0, 0.05) is 21.5 Å². The van der Waals surface area contributed by atoms with Crippen molar-refractivity contribution in [3.05, 3.63) is 129 Å². The number of hydrogen-bond donors (Lipinski definition) is 1. The number of aromatic nitrogens is 1. The lowest BCUT2D eigenvalue weighted by molar-refractivity contribution is -0.145. The molecule has 1 amide bonds. The van der Waals surface area contributed by atoms with Crippen LogP contribution in [0.1, 0.15) is 39.8 Å². The fourth-order valence-corrected chi connectivity index (χ4v) is 6.93. The lowest BCUT2D eigenvalue weighted by atomic mass is 10.1. The summed E-state index contributed by atoms with van der Waals surface area (Å²) in [4.78, 5) is 30.3. The Bertz CT molecular complexity index is 2010. The molecule has 1 heterocycles. The zero-order valence-electron chi connectivity index (χ0n) is 26.1. The topological polar surface area (TPSA) is 112 Å². The first-order chi connectivity index (χ1) is 23.2. The number of nitrogens with zero attached hydrogens (tertiary/aromatic N) is 1. The van der Waals surface area contributed by atoms with Crippen LogP contribution in [-0.4, -0.2) is 44.2 Å². The molecule has 8 nitrogen and oxygen atoms in total. The van der Waals surface area contributed by atoms with Gasteiger partial charge < -0.3 is 14.8 Å². The third-order valence-corrected chi connectivity index (χ3v) is 10.0. The van der Waals surface area contributed by atoms with Crippen LogP contribution < -0.4 is 10.1 Å². The van der Waals surface area contributed by atoms with Crippen LogP contribution in [0.3, 0.4) is 0 Å². The number of amides is 1. The first-order valence-electron chi connectivity index (χ1n) is 15.2. The standard InChI is InChI=1S/C37H33ClN2O6S2/c1-2-45-36(41)24-46-34-19-13-27(9-7-21-48(43,44)31-17-15-30(38)16-18-31)23-32(34)40-37(42)29-12-6-8-26(22-29)14-20-35-39-33(25-47-35)28-10-4-3-5-11-28/h3-6,8,10-20,22-23,25H,2,7,9,21,24H2,1H3,(H,40,42)/b20-14+. The van der Waals surface area contributed by atoms with E-state index >= 15 is 0 Å². The number of carbonyl (C=O) groups excluding carboxylic acids is 2. The number of carbonyl (C=O) groups is 2. The van der Waals surface area contributed by atoms with Gasteiger partial charge in [0.05, 0.1) is 28.6 Å². The number of benzene rings is 4. The summed E-state index contributed by atoms with van der Waals surface area (Å²) in [7, 11) is -3.50. The fraction of sp³-hybridized carbons (Fsp3) is 0.162. The zero-order chi connectivity index (χ0) is 33.9. The van der Waals surface area contributed by atoms with Crippen LogP contribution in [0, 0.1) is 0 Å². The van der Waals surface area contributed by atoms with Gasteiger partial charge in [-0.15, -0.1) is 11.3 Å². The Kier molecular flexibility index (Phi) is 11.8. The monoisotopic (exact) mass is 700 g/mol. The van der Waals surface area contributed by atoms with Crippen LogP contribution in [0.15, 0.2) is 107 Å². The molecule has 0 aliphatic rings. The van der Waals surface area contributed by atoms with Crippen LogP contribution in [0.4, 0.5) is 5.69 Å². The molecular weight excluding hydrogens is 668 g/mol. The number of ether oxygens (including phenoxy) is 2. The SMILES string of the molecule is CCOC(=O)COc1ccc(CCCS(=O)(=O)c2ccc(Cl)cc2)cc1NC(=O)c1cccc(/C=C/c2nc(-c3ccccc3)cs2)c1. The highest BCUT2D eigenvalue weighted by Gasteiger charge is 2.16. The molecule has 0 saturated heterocycles. The molecule has 246 valence electrons. The molecule has 0 unspecified atom stereocenters. The van der Waals surface area contributed by atoms with E-state index in [1.165, 1.54) is 23.5 Å². The summed E-state index contributed by atoms with van der Waals surface area (Å²) in [6, 6.07) is 28.3. The van der Waals surface area contributed by atoms with E-state index in [1.54, 1.807) is 55.5 Å². The molecule has 5 aromatic rings. The highest BCUT2D eigenvalue weighted by molar-refractivity contribution is 7.91. The maximum Gasteiger partial charge on any atom is 0.344 e. The molecule has 4 aromatic carbocycles. The van der Waals surface area contributed by atoms with Gasteiger partial charge in [0.25, 0.3) is 5.91 Å². The van der Waals surface area contributed by atoms with Crippen LogP contribution in [-0.2, 0) is 25.8 Å². The van der Waals surface area contributed by atoms with E-state index in [9.17, 15) is 18.0 Å². The smallest absolute Gasteiger partial charge is 0.344 e. The lowest BCUT2D eigenvalue weighted by Crippen LogP contribution is -2.17. The number of thiazole rings is 1. The van der Waals surface area contributed by atoms with Gasteiger partial charge in [0.1, 0.15) is 10.8 Å². The number of nitrogens with one attached hydrogen (secondary N) is 1. The molecule has 0 bridgehead atoms. The normalized spacial score (nSPS) is 11.4. The molecule has 0 fully saturated rings. The van der Waals surface area contributed by atoms with E-state index in [2.05, 4.69) is 10.3 Å². The second-order valence-electron chi connectivity index (χ2n) is 10.7. The maximum absolute atomic E-state index is 13.4. The summed E-state index contributed by atoms with van der Waals surface area (Å²) in [6.07, 6.45) is 4.58. The predicted molar refractivity (Wildman–Crippen MR) is 191 cm³/mol. The van der Waals surface area contributed by atoms with Crippen molar-refractivity contribution in [1.29, 1.82) is 0 Å². The minimum absolute atomic E-state index is 0.0632. The van der Waals surface area contributed by atoms with Crippen LogP contribution in [0.2, 0.25) is 5.02 Å². The van der Waals surface area contributed by atoms with E-state index in [0.717, 1.165) is 27.4 Å². The van der Waals surface area contributed by atoms with Gasteiger partial charge in [0.15, 0.2) is 16.4 Å². The van der Waals surface area contributed by atoms with E-state index in [1.807, 2.05) is 53.9 Å². The zero-order valence-corrected chi connectivity index (χ0v) is 28.5. The van der Waals surface area contributed by atoms with Crippen molar-refractivity contribution in [2.24, 2.45) is 0 Å². The second kappa shape index (κ2) is 16.4. The highest BCUT2D eigenvalue weighted by atomic mass is 35.5. The number of esters is 1. The van der Waals surface area contributed by atoms with Gasteiger partial charge in [-0.1, -0.05) is 66.2 Å². The van der Waals surface area contributed by atoms with Crippen LogP contribution in [0.25, 0.3) is 23.4 Å². The summed E-state index contributed by atoms with van der Waals surface area (Å²) >= 11 is 7.43. The Balaban J connectivity index is 1.29. The Labute approximate surface area is 289 Å². The van der Waals surface area contributed by atoms with Crippen molar-refractivity contribution in [3.8, 4) is 17.0 Å². The summed E-state index contributed by atoms with van der Waals surface area (Å²) in [5.41, 5.74) is 4.31. The van der Waals surface area contributed by atoms with Crippen molar-refractivity contribution < 1.29 is 27.5 Å². The summed E-state index contributed by atoms with van der Waals surface area (Å²) in [5, 5.41) is 6.21. The molecular formula is C37H33ClN2O6S2. The number of sulfone groups is 1. The van der Waals surface area contributed by atoms with E-state index in [-0.39, 0.29) is 35.5 Å². The van der Waals surface area contributed by atoms with Crippen molar-refractivity contribution in [3.63, 3.8) is 0 Å². The van der Waals surface area contributed by atoms with Crippen molar-refractivity contribution in [2.75, 3.05) is 24.3 Å². The number of hydrogen-bond acceptors (Lipinski definition) is 8. The lowest BCUT2D eigenvalue weighted by Gasteiger charge is -2.14. The average Bonchev–Trinajstić information content (AvgIpc) is 3.57. The van der Waals surface area contributed by atoms with Crippen molar-refractivity contribution in [2.45, 2.75) is 24.7 Å². The van der Waals surface area contributed by atoms with Crippen LogP contribution >= 0.6 is 22.9 Å². The predicted octanol–water partition coefficient (Wildman–Crippen LogP) is 8.23. The largest absolute Gasteiger partial charge is 0.480 e. The molecule has 48 heavy (non-hydrogen) atoms. The number of halogens is 1. The van der Waals surface area contributed by atoms with Gasteiger partial charge in [-0.2, -0.15) is 0 Å². The number of aryl methyl sites for hydroxylation is 1. The van der Waals surface area contributed by atoms with E-state index in [0.29, 0.717) is 29.1 Å². The first kappa shape index (κ1) is 34.6. The van der Waals surface area contributed by atoms with Gasteiger partial charge in [-0.3, -0.25) is 4.79 Å². The highest BCUT2D eigenvalue weighted by Crippen LogP contribution is 2.28. The number of rotatable bonds is 14. The molecule has 5 rings (SSSR count). The van der Waals surface area contributed by atoms with Crippen LogP contribution in [0.5, 0.6) is 5.75 Å². The van der Waals surface area contributed by atoms with E-state index < -0.39 is 15.8 Å². The van der Waals surface area contributed by atoms with Gasteiger partial charge in [0.2, 0.25) is 0 Å². The molecule has 1 N–H and O–H groups in total. The Morgan fingerprint density at radius 1 is 0.938 bits per heavy atom. The van der Waals surface area contributed by atoms with Gasteiger partial charge >= 0.3 is 5.97 Å². The summed E-state index contributed by atoms with van der Waals surface area (Å²) in [5.74, 6) is -0.703. The van der Waals surface area contributed by atoms with E-state index in [4.69, 9.17) is 21.1 Å². The molecule has 1 aromatic heterocycles. The first-order valence-corrected chi connectivity index (χ1v) is 18.1. The minimum Gasteiger partial charge on any atom is -0.480 e. The molecule has 0 atom stereocenters. The molecule has 0 saturated carbocycles. The molecule has 0 aliphatic heterocycles. The quantitative estimate of drug-likeness (QED) is 0.116. The number of anilines is 1. The molecule has 0 radical (unpaired) electrons. The summed E-state index contributed by atoms with van der Waals surface area (Å²) in [6.45, 7) is 1.58. The van der Waals surface area contributed by atoms with Crippen molar-refractivity contribution >= 4 is 62.5 Å². The Hall–Kier alpha value is -4.77. The maximum atomic E-state index is 13.4. The average molecular weight is 701 g/mol. The Morgan fingerprint density at radius 2 is 1.73 bits per heavy atom. The van der Waals surface area contributed by atoms with Gasteiger partial charge in [-0.05, 0) is 85.5 Å². The van der Waals surface area contributed by atoms with Crippen molar-refractivity contribution in [1.82, 2.24) is 4.98 Å². The Morgan fingerprint density at radius 3 is 2.50 bits per heavy atom. The molecule has 0 aliphatic carbocycles. The minimum atomic E-state index is -3.50. The molecule has 11 heteroatoms. The third kappa shape index (κ3) is 9.63. The molecule has 0 spiro atoms. The van der Waals surface area contributed by atoms with Gasteiger partial charge in [-0.25, -0.2) is 18.2 Å². The summed E-state index contributed by atoms with van der Waals surface area (Å²) < 4.78 is 36.3. The second-order valence-corrected chi connectivity index (χ2v) is 14.1.